The van der Waals surface area contributed by atoms with Crippen molar-refractivity contribution in [1.29, 1.82) is 0 Å². The number of nitrogens with one attached hydrogen (secondary N) is 1. The fraction of sp³-hybridized carbons (Fsp3) is 0.421. The minimum Gasteiger partial charge on any atom is -0.482 e. The molecule has 0 spiro atoms. The van der Waals surface area contributed by atoms with Gasteiger partial charge in [0.25, 0.3) is 0 Å². The lowest BCUT2D eigenvalue weighted by Crippen LogP contribution is -2.15. The number of carbonyl (C=O) groups is 1. The van der Waals surface area contributed by atoms with E-state index in [1.807, 2.05) is 44.4 Å². The Morgan fingerprint density at radius 2 is 2.03 bits per heavy atom. The highest BCUT2D eigenvalue weighted by Gasteiger charge is 2.20. The molecule has 0 fully saturated rings. The molecular formula is C19H24N6O2S2. The quantitative estimate of drug-likeness (QED) is 0.539. The van der Waals surface area contributed by atoms with Gasteiger partial charge in [0.05, 0.1) is 5.75 Å². The SMILES string of the molecule is CCn1c(SCC(=O)Nc2nnc(C)s2)nnc1C(C)Oc1ccc(C)cc1C. The molecule has 10 heteroatoms. The summed E-state index contributed by atoms with van der Waals surface area (Å²) in [6, 6.07) is 6.09. The van der Waals surface area contributed by atoms with Gasteiger partial charge in [0.15, 0.2) is 17.1 Å². The second-order valence-electron chi connectivity index (χ2n) is 6.58. The number of hydrogen-bond donors (Lipinski definition) is 1. The number of ether oxygens (including phenoxy) is 1. The molecule has 0 bridgehead atoms. The Bertz CT molecular complexity index is 1000. The summed E-state index contributed by atoms with van der Waals surface area (Å²) in [6.45, 7) is 10.6. The number of thioether (sulfide) groups is 1. The highest BCUT2D eigenvalue weighted by Crippen LogP contribution is 2.27. The van der Waals surface area contributed by atoms with E-state index < -0.39 is 0 Å². The molecule has 3 aromatic rings. The van der Waals surface area contributed by atoms with Crippen molar-refractivity contribution in [1.82, 2.24) is 25.0 Å². The number of amides is 1. The van der Waals surface area contributed by atoms with E-state index in [-0.39, 0.29) is 17.8 Å². The first-order valence-corrected chi connectivity index (χ1v) is 11.1. The molecule has 0 aliphatic heterocycles. The Balaban J connectivity index is 1.65. The van der Waals surface area contributed by atoms with Gasteiger partial charge in [-0.1, -0.05) is 40.8 Å². The molecular weight excluding hydrogens is 408 g/mol. The van der Waals surface area contributed by atoms with Crippen LogP contribution < -0.4 is 10.1 Å². The Labute approximate surface area is 178 Å². The third-order valence-corrected chi connectivity index (χ3v) is 5.89. The van der Waals surface area contributed by atoms with E-state index in [1.165, 1.54) is 28.7 Å². The second-order valence-corrected chi connectivity index (χ2v) is 8.70. The Morgan fingerprint density at radius 1 is 1.24 bits per heavy atom. The van der Waals surface area contributed by atoms with E-state index in [4.69, 9.17) is 4.74 Å². The van der Waals surface area contributed by atoms with Gasteiger partial charge in [-0.2, -0.15) is 0 Å². The summed E-state index contributed by atoms with van der Waals surface area (Å²) in [5, 5.41) is 21.1. The van der Waals surface area contributed by atoms with Gasteiger partial charge < -0.3 is 9.30 Å². The van der Waals surface area contributed by atoms with Gasteiger partial charge >= 0.3 is 0 Å². The first-order valence-electron chi connectivity index (χ1n) is 9.27. The van der Waals surface area contributed by atoms with E-state index in [0.717, 1.165) is 22.1 Å². The Hall–Kier alpha value is -2.46. The molecule has 29 heavy (non-hydrogen) atoms. The lowest BCUT2D eigenvalue weighted by atomic mass is 10.1. The Morgan fingerprint density at radius 3 is 2.69 bits per heavy atom. The average Bonchev–Trinajstić information content (AvgIpc) is 3.27. The van der Waals surface area contributed by atoms with Crippen molar-refractivity contribution >= 4 is 34.1 Å². The topological polar surface area (TPSA) is 94.8 Å². The number of aromatic nitrogens is 5. The fourth-order valence-corrected chi connectivity index (χ4v) is 4.23. The van der Waals surface area contributed by atoms with Crippen LogP contribution in [0.15, 0.2) is 23.4 Å². The van der Waals surface area contributed by atoms with Crippen LogP contribution in [0.3, 0.4) is 0 Å². The molecule has 1 atom stereocenters. The van der Waals surface area contributed by atoms with Gasteiger partial charge in [0.2, 0.25) is 11.0 Å². The summed E-state index contributed by atoms with van der Waals surface area (Å²) < 4.78 is 8.10. The van der Waals surface area contributed by atoms with Crippen LogP contribution >= 0.6 is 23.1 Å². The number of carbonyl (C=O) groups excluding carboxylic acids is 1. The summed E-state index contributed by atoms with van der Waals surface area (Å²) in [5.74, 6) is 1.62. The van der Waals surface area contributed by atoms with E-state index in [2.05, 4.69) is 38.7 Å². The maximum atomic E-state index is 12.2. The van der Waals surface area contributed by atoms with E-state index >= 15 is 0 Å². The van der Waals surface area contributed by atoms with Crippen LogP contribution in [0.5, 0.6) is 5.75 Å². The van der Waals surface area contributed by atoms with Crippen LogP contribution in [-0.4, -0.2) is 36.6 Å². The molecule has 8 nitrogen and oxygen atoms in total. The highest BCUT2D eigenvalue weighted by atomic mass is 32.2. The molecule has 154 valence electrons. The molecule has 2 aromatic heterocycles. The zero-order valence-corrected chi connectivity index (χ0v) is 18.7. The van der Waals surface area contributed by atoms with Crippen LogP contribution in [0.1, 0.15) is 41.9 Å². The van der Waals surface area contributed by atoms with Crippen LogP contribution in [-0.2, 0) is 11.3 Å². The standard InChI is InChI=1S/C19H24N6O2S2/c1-6-25-17(13(4)27-15-8-7-11(2)9-12(15)3)22-24-19(25)28-10-16(26)20-18-23-21-14(5)29-18/h7-9,13H,6,10H2,1-5H3,(H,20,23,26). The third kappa shape index (κ3) is 5.33. The Kier molecular flexibility index (Phi) is 6.86. The predicted octanol–water partition coefficient (Wildman–Crippen LogP) is 3.95. The molecule has 2 heterocycles. The number of benzene rings is 1. The van der Waals surface area contributed by atoms with Gasteiger partial charge in [0.1, 0.15) is 10.8 Å². The molecule has 0 radical (unpaired) electrons. The average molecular weight is 433 g/mol. The molecule has 1 unspecified atom stereocenters. The molecule has 1 amide bonds. The highest BCUT2D eigenvalue weighted by molar-refractivity contribution is 7.99. The van der Waals surface area contributed by atoms with Crippen LogP contribution in [0, 0.1) is 20.8 Å². The lowest BCUT2D eigenvalue weighted by Gasteiger charge is -2.17. The van der Waals surface area contributed by atoms with Crippen molar-refractivity contribution in [2.45, 2.75) is 52.4 Å². The van der Waals surface area contributed by atoms with Crippen LogP contribution in [0.25, 0.3) is 0 Å². The zero-order valence-electron chi connectivity index (χ0n) is 17.1. The monoisotopic (exact) mass is 432 g/mol. The first-order chi connectivity index (χ1) is 13.9. The number of hydrogen-bond acceptors (Lipinski definition) is 8. The van der Waals surface area contributed by atoms with Crippen molar-refractivity contribution in [3.63, 3.8) is 0 Å². The summed E-state index contributed by atoms with van der Waals surface area (Å²) in [4.78, 5) is 12.2. The lowest BCUT2D eigenvalue weighted by molar-refractivity contribution is -0.113. The van der Waals surface area contributed by atoms with E-state index in [1.54, 1.807) is 0 Å². The van der Waals surface area contributed by atoms with E-state index in [0.29, 0.717) is 16.8 Å². The van der Waals surface area contributed by atoms with Gasteiger partial charge in [-0.25, -0.2) is 0 Å². The fourth-order valence-electron chi connectivity index (χ4n) is 2.81. The van der Waals surface area contributed by atoms with Crippen LogP contribution in [0.2, 0.25) is 0 Å². The van der Waals surface area contributed by atoms with Gasteiger partial charge in [-0.05, 0) is 46.2 Å². The summed E-state index contributed by atoms with van der Waals surface area (Å²) >= 11 is 2.68. The van der Waals surface area contributed by atoms with Crippen molar-refractivity contribution in [3.8, 4) is 5.75 Å². The normalized spacial score (nSPS) is 12.0. The molecule has 0 aliphatic rings. The van der Waals surface area contributed by atoms with Gasteiger partial charge in [-0.15, -0.1) is 20.4 Å². The minimum absolute atomic E-state index is 0.155. The molecule has 0 saturated heterocycles. The van der Waals surface area contributed by atoms with Crippen molar-refractivity contribution in [2.24, 2.45) is 0 Å². The number of aryl methyl sites for hydroxylation is 3. The minimum atomic E-state index is -0.267. The molecule has 1 N–H and O–H groups in total. The predicted molar refractivity (Wildman–Crippen MR) is 115 cm³/mol. The zero-order chi connectivity index (χ0) is 21.0. The first kappa shape index (κ1) is 21.3. The number of nitrogens with zero attached hydrogens (tertiary/aromatic N) is 5. The molecule has 1 aromatic carbocycles. The van der Waals surface area contributed by atoms with Crippen molar-refractivity contribution < 1.29 is 9.53 Å². The van der Waals surface area contributed by atoms with Crippen LogP contribution in [0.4, 0.5) is 5.13 Å². The number of rotatable bonds is 8. The van der Waals surface area contributed by atoms with Gasteiger partial charge in [-0.3, -0.25) is 10.1 Å². The largest absolute Gasteiger partial charge is 0.482 e. The van der Waals surface area contributed by atoms with Gasteiger partial charge in [0, 0.05) is 6.54 Å². The second kappa shape index (κ2) is 9.36. The summed E-state index contributed by atoms with van der Waals surface area (Å²) in [5.41, 5.74) is 2.28. The summed E-state index contributed by atoms with van der Waals surface area (Å²) in [7, 11) is 0. The maximum Gasteiger partial charge on any atom is 0.236 e. The molecule has 0 saturated carbocycles. The van der Waals surface area contributed by atoms with E-state index in [9.17, 15) is 4.79 Å². The molecule has 0 aliphatic carbocycles. The third-order valence-electron chi connectivity index (χ3n) is 4.16. The summed E-state index contributed by atoms with van der Waals surface area (Å²) in [6.07, 6.45) is -0.267. The van der Waals surface area contributed by atoms with Crippen molar-refractivity contribution in [3.05, 3.63) is 40.2 Å². The van der Waals surface area contributed by atoms with Crippen molar-refractivity contribution in [2.75, 3.05) is 11.1 Å². The number of anilines is 1. The smallest absolute Gasteiger partial charge is 0.236 e. The molecule has 3 rings (SSSR count). The maximum absolute atomic E-state index is 12.2.